The van der Waals surface area contributed by atoms with Crippen LogP contribution in [0.4, 0.5) is 0 Å². The molecule has 0 saturated carbocycles. The van der Waals surface area contributed by atoms with Gasteiger partial charge in [-0.15, -0.1) is 0 Å². The Balaban J connectivity index is 3.80. The summed E-state index contributed by atoms with van der Waals surface area (Å²) in [7, 11) is 0. The maximum Gasteiger partial charge on any atom is 0.308 e. The molecule has 0 aliphatic heterocycles. The van der Waals surface area contributed by atoms with Gasteiger partial charge in [-0.2, -0.15) is 0 Å². The summed E-state index contributed by atoms with van der Waals surface area (Å²) in [6.07, 6.45) is 4.97. The number of esters is 1. The summed E-state index contributed by atoms with van der Waals surface area (Å²) < 4.78 is 5.12. The largest absolute Gasteiger partial charge is 0.465 e. The Hall–Kier alpha value is -0.530. The molecule has 0 heterocycles. The van der Waals surface area contributed by atoms with Crippen molar-refractivity contribution < 1.29 is 9.53 Å². The molecule has 0 aromatic heterocycles. The van der Waals surface area contributed by atoms with Crippen LogP contribution in [0.3, 0.4) is 0 Å². The third-order valence-electron chi connectivity index (χ3n) is 2.06. The molecule has 0 radical (unpaired) electrons. The fourth-order valence-electron chi connectivity index (χ4n) is 1.40. The summed E-state index contributed by atoms with van der Waals surface area (Å²) in [6.45, 7) is 6.80. The van der Waals surface area contributed by atoms with Crippen molar-refractivity contribution >= 4 is 5.97 Å². The summed E-state index contributed by atoms with van der Waals surface area (Å²) in [5.74, 6) is 0.145. The van der Waals surface area contributed by atoms with Crippen LogP contribution in [0.25, 0.3) is 0 Å². The number of ether oxygens (including phenoxy) is 1. The molecule has 0 unspecified atom stereocenters. The van der Waals surface area contributed by atoms with E-state index >= 15 is 0 Å². The topological polar surface area (TPSA) is 26.3 Å². The minimum atomic E-state index is 0.00514. The van der Waals surface area contributed by atoms with Gasteiger partial charge >= 0.3 is 5.97 Å². The Bertz CT molecular complexity index is 126. The molecule has 0 bridgehead atoms. The molecule has 0 amide bonds. The van der Waals surface area contributed by atoms with Gasteiger partial charge < -0.3 is 4.74 Å². The predicted octanol–water partition coefficient (Wildman–Crippen LogP) is 3.16. The molecule has 0 aliphatic carbocycles. The van der Waals surface area contributed by atoms with E-state index in [0.717, 1.165) is 32.1 Å². The molecule has 0 rings (SSSR count). The molecule has 0 spiro atoms. The fourth-order valence-corrected chi connectivity index (χ4v) is 1.40. The summed E-state index contributed by atoms with van der Waals surface area (Å²) in [6, 6.07) is 0. The molecule has 0 atom stereocenters. The van der Waals surface area contributed by atoms with Crippen LogP contribution in [0.1, 0.15) is 52.9 Å². The Labute approximate surface area is 81.7 Å². The van der Waals surface area contributed by atoms with Crippen LogP contribution in [-0.4, -0.2) is 12.6 Å². The van der Waals surface area contributed by atoms with Crippen molar-refractivity contribution in [3.63, 3.8) is 0 Å². The van der Waals surface area contributed by atoms with Crippen LogP contribution in [0.15, 0.2) is 0 Å². The average Bonchev–Trinajstić information content (AvgIpc) is 2.14. The van der Waals surface area contributed by atoms with Gasteiger partial charge in [0.2, 0.25) is 0 Å². The molecule has 0 aromatic carbocycles. The van der Waals surface area contributed by atoms with Crippen molar-refractivity contribution in [2.45, 2.75) is 52.9 Å². The van der Waals surface area contributed by atoms with Gasteiger partial charge in [-0.25, -0.2) is 0 Å². The standard InChI is InChI=1S/C11H22O2/c1-4-7-10(8-5-2)11(12)13-9-6-3/h10H,4-9H2,1-3H3. The van der Waals surface area contributed by atoms with E-state index in [2.05, 4.69) is 13.8 Å². The van der Waals surface area contributed by atoms with Crippen LogP contribution < -0.4 is 0 Å². The first-order chi connectivity index (χ1) is 6.26. The molecule has 2 nitrogen and oxygen atoms in total. The second-order valence-electron chi connectivity index (χ2n) is 3.44. The van der Waals surface area contributed by atoms with Gasteiger partial charge in [0.1, 0.15) is 0 Å². The molecule has 0 N–H and O–H groups in total. The maximum atomic E-state index is 11.5. The first kappa shape index (κ1) is 12.5. The second-order valence-corrected chi connectivity index (χ2v) is 3.44. The van der Waals surface area contributed by atoms with E-state index in [1.54, 1.807) is 0 Å². The molecule has 13 heavy (non-hydrogen) atoms. The highest BCUT2D eigenvalue weighted by Gasteiger charge is 2.17. The smallest absolute Gasteiger partial charge is 0.308 e. The van der Waals surface area contributed by atoms with E-state index in [4.69, 9.17) is 4.74 Å². The lowest BCUT2D eigenvalue weighted by molar-refractivity contribution is -0.149. The van der Waals surface area contributed by atoms with Crippen LogP contribution in [0, 0.1) is 5.92 Å². The summed E-state index contributed by atoms with van der Waals surface area (Å²) >= 11 is 0. The number of carbonyl (C=O) groups excluding carboxylic acids is 1. The summed E-state index contributed by atoms with van der Waals surface area (Å²) in [4.78, 5) is 11.5. The molecule has 0 aliphatic rings. The van der Waals surface area contributed by atoms with Gasteiger partial charge in [0.15, 0.2) is 0 Å². The van der Waals surface area contributed by atoms with Gasteiger partial charge in [0.25, 0.3) is 0 Å². The van der Waals surface area contributed by atoms with E-state index in [1.807, 2.05) is 6.92 Å². The lowest BCUT2D eigenvalue weighted by Crippen LogP contribution is -2.17. The van der Waals surface area contributed by atoms with E-state index in [9.17, 15) is 4.79 Å². The first-order valence-electron chi connectivity index (χ1n) is 5.42. The van der Waals surface area contributed by atoms with Gasteiger partial charge in [0, 0.05) is 0 Å². The zero-order valence-corrected chi connectivity index (χ0v) is 9.14. The van der Waals surface area contributed by atoms with E-state index in [-0.39, 0.29) is 11.9 Å². The molecule has 0 fully saturated rings. The van der Waals surface area contributed by atoms with Crippen molar-refractivity contribution in [3.05, 3.63) is 0 Å². The van der Waals surface area contributed by atoms with Crippen LogP contribution in [0.5, 0.6) is 0 Å². The monoisotopic (exact) mass is 186 g/mol. The molecule has 0 aromatic rings. The van der Waals surface area contributed by atoms with Crippen LogP contribution >= 0.6 is 0 Å². The highest BCUT2D eigenvalue weighted by atomic mass is 16.5. The van der Waals surface area contributed by atoms with Crippen molar-refractivity contribution in [1.29, 1.82) is 0 Å². The summed E-state index contributed by atoms with van der Waals surface area (Å²) in [5.41, 5.74) is 0. The van der Waals surface area contributed by atoms with Crippen LogP contribution in [-0.2, 0) is 9.53 Å². The lowest BCUT2D eigenvalue weighted by Gasteiger charge is -2.13. The van der Waals surface area contributed by atoms with E-state index in [0.29, 0.717) is 6.61 Å². The maximum absolute atomic E-state index is 11.5. The molecular weight excluding hydrogens is 164 g/mol. The average molecular weight is 186 g/mol. The Kier molecular flexibility index (Phi) is 7.76. The normalized spacial score (nSPS) is 10.5. The van der Waals surface area contributed by atoms with Crippen molar-refractivity contribution in [2.75, 3.05) is 6.61 Å². The quantitative estimate of drug-likeness (QED) is 0.571. The number of hydrogen-bond acceptors (Lipinski definition) is 2. The Morgan fingerprint density at radius 2 is 1.62 bits per heavy atom. The highest BCUT2D eigenvalue weighted by Crippen LogP contribution is 2.15. The second kappa shape index (κ2) is 8.09. The minimum Gasteiger partial charge on any atom is -0.465 e. The van der Waals surface area contributed by atoms with Gasteiger partial charge in [-0.1, -0.05) is 33.6 Å². The van der Waals surface area contributed by atoms with Gasteiger partial charge in [-0.05, 0) is 19.3 Å². The predicted molar refractivity (Wildman–Crippen MR) is 54.6 cm³/mol. The highest BCUT2D eigenvalue weighted by molar-refractivity contribution is 5.72. The van der Waals surface area contributed by atoms with Crippen molar-refractivity contribution in [2.24, 2.45) is 5.92 Å². The van der Waals surface area contributed by atoms with E-state index in [1.165, 1.54) is 0 Å². The Morgan fingerprint density at radius 1 is 1.08 bits per heavy atom. The third-order valence-corrected chi connectivity index (χ3v) is 2.06. The zero-order chi connectivity index (χ0) is 10.1. The van der Waals surface area contributed by atoms with Crippen molar-refractivity contribution in [1.82, 2.24) is 0 Å². The lowest BCUT2D eigenvalue weighted by atomic mass is 9.99. The number of carbonyl (C=O) groups is 1. The Morgan fingerprint density at radius 3 is 2.00 bits per heavy atom. The third kappa shape index (κ3) is 5.67. The molecule has 2 heteroatoms. The fraction of sp³-hybridized carbons (Fsp3) is 0.909. The minimum absolute atomic E-state index is 0.00514. The van der Waals surface area contributed by atoms with Gasteiger partial charge in [0.05, 0.1) is 12.5 Å². The van der Waals surface area contributed by atoms with Gasteiger partial charge in [-0.3, -0.25) is 4.79 Å². The zero-order valence-electron chi connectivity index (χ0n) is 9.14. The first-order valence-corrected chi connectivity index (χ1v) is 5.42. The van der Waals surface area contributed by atoms with Crippen molar-refractivity contribution in [3.8, 4) is 0 Å². The number of hydrogen-bond donors (Lipinski definition) is 0. The summed E-state index contributed by atoms with van der Waals surface area (Å²) in [5, 5.41) is 0. The number of rotatable bonds is 7. The SMILES string of the molecule is CCCOC(=O)C(CCC)CCC. The van der Waals surface area contributed by atoms with Crippen LogP contribution in [0.2, 0.25) is 0 Å². The molecule has 0 saturated heterocycles. The molecular formula is C11H22O2. The molecule has 78 valence electrons. The van der Waals surface area contributed by atoms with E-state index < -0.39 is 0 Å².